The van der Waals surface area contributed by atoms with Gasteiger partial charge in [0.2, 0.25) is 0 Å². The first-order chi connectivity index (χ1) is 4.22. The summed E-state index contributed by atoms with van der Waals surface area (Å²) in [6.45, 7) is 0. The number of hydrogen-bond acceptors (Lipinski definition) is 2. The summed E-state index contributed by atoms with van der Waals surface area (Å²) in [5.41, 5.74) is 0. The molecular formula is C5H9ClO2S. The van der Waals surface area contributed by atoms with Crippen LogP contribution in [0.4, 0.5) is 0 Å². The predicted octanol–water partition coefficient (Wildman–Crippen LogP) is 0.802. The third-order valence-corrected chi connectivity index (χ3v) is 3.37. The smallest absolute Gasteiger partial charge is 0.120 e. The van der Waals surface area contributed by atoms with Crippen molar-refractivity contribution >= 4 is 20.7 Å². The summed E-state index contributed by atoms with van der Waals surface area (Å²) < 4.78 is 10.6. The number of rotatable bonds is 1. The summed E-state index contributed by atoms with van der Waals surface area (Å²) in [6, 6.07) is 0. The van der Waals surface area contributed by atoms with Crippen LogP contribution in [0.15, 0.2) is 0 Å². The zero-order chi connectivity index (χ0) is 6.85. The first-order valence-electron chi connectivity index (χ1n) is 2.96. The summed E-state index contributed by atoms with van der Waals surface area (Å²) in [5.74, 6) is 0. The maximum atomic E-state index is 10.6. The Bertz CT molecular complexity index is 128. The van der Waals surface area contributed by atoms with Gasteiger partial charge in [-0.3, -0.25) is 0 Å². The van der Waals surface area contributed by atoms with Crippen LogP contribution in [0.2, 0.25) is 0 Å². The van der Waals surface area contributed by atoms with Gasteiger partial charge < -0.3 is 5.11 Å². The Morgan fingerprint density at radius 2 is 2.22 bits per heavy atom. The molecule has 1 aliphatic rings. The van der Waals surface area contributed by atoms with E-state index in [4.69, 9.17) is 15.8 Å². The lowest BCUT2D eigenvalue weighted by Gasteiger charge is -2.07. The van der Waals surface area contributed by atoms with Gasteiger partial charge in [0.1, 0.15) is 10.0 Å². The van der Waals surface area contributed by atoms with E-state index in [1.807, 2.05) is 0 Å². The molecule has 0 spiro atoms. The SMILES string of the molecule is O=S(Cl)[C@@H]1CCC[C@H]1O. The largest absolute Gasteiger partial charge is 0.392 e. The Morgan fingerprint density at radius 1 is 1.56 bits per heavy atom. The fraction of sp³-hybridized carbons (Fsp3) is 1.00. The minimum absolute atomic E-state index is 0.174. The minimum atomic E-state index is -1.35. The van der Waals surface area contributed by atoms with Crippen LogP contribution in [-0.2, 0) is 10.0 Å². The van der Waals surface area contributed by atoms with Gasteiger partial charge in [-0.05, 0) is 29.9 Å². The van der Waals surface area contributed by atoms with Gasteiger partial charge in [0.05, 0.1) is 11.4 Å². The van der Waals surface area contributed by atoms with Crippen LogP contribution in [0.25, 0.3) is 0 Å². The van der Waals surface area contributed by atoms with Gasteiger partial charge in [0.15, 0.2) is 0 Å². The lowest BCUT2D eigenvalue weighted by Crippen LogP contribution is -2.21. The molecule has 0 bridgehead atoms. The summed E-state index contributed by atoms with van der Waals surface area (Å²) >= 11 is 0. The van der Waals surface area contributed by atoms with Crippen LogP contribution in [-0.4, -0.2) is 20.7 Å². The fourth-order valence-corrected chi connectivity index (χ4v) is 2.48. The van der Waals surface area contributed by atoms with Gasteiger partial charge in [-0.2, -0.15) is 0 Å². The Labute approximate surface area is 61.2 Å². The number of halogens is 1. The predicted molar refractivity (Wildman–Crippen MR) is 37.6 cm³/mol. The third kappa shape index (κ3) is 1.66. The second-order valence-corrected chi connectivity index (χ2v) is 4.30. The summed E-state index contributed by atoms with van der Waals surface area (Å²) in [4.78, 5) is 0. The molecule has 1 N–H and O–H groups in total. The standard InChI is InChI=1S/C5H9ClO2S/c6-9(8)5-3-1-2-4(5)7/h4-5,7H,1-3H2/t4-,5-,9?/m1/s1. The second-order valence-electron chi connectivity index (χ2n) is 2.29. The summed E-state index contributed by atoms with van der Waals surface area (Å²) in [7, 11) is 3.94. The van der Waals surface area contributed by atoms with Crippen molar-refractivity contribution in [1.29, 1.82) is 0 Å². The first-order valence-corrected chi connectivity index (χ1v) is 5.00. The Kier molecular flexibility index (Phi) is 2.50. The molecule has 0 aromatic heterocycles. The van der Waals surface area contributed by atoms with Crippen LogP contribution >= 0.6 is 10.7 Å². The van der Waals surface area contributed by atoms with E-state index in [0.717, 1.165) is 19.3 Å². The van der Waals surface area contributed by atoms with Crippen LogP contribution in [0, 0.1) is 0 Å². The fourth-order valence-electron chi connectivity index (χ4n) is 1.12. The molecule has 0 radical (unpaired) electrons. The molecule has 0 aromatic carbocycles. The minimum Gasteiger partial charge on any atom is -0.392 e. The molecule has 1 saturated carbocycles. The van der Waals surface area contributed by atoms with Gasteiger partial charge in [-0.25, -0.2) is 4.21 Å². The highest BCUT2D eigenvalue weighted by atomic mass is 35.7. The molecule has 3 atom stereocenters. The van der Waals surface area contributed by atoms with E-state index in [1.165, 1.54) is 0 Å². The van der Waals surface area contributed by atoms with E-state index < -0.39 is 16.1 Å². The van der Waals surface area contributed by atoms with Crippen molar-refractivity contribution in [2.24, 2.45) is 0 Å². The van der Waals surface area contributed by atoms with E-state index in [2.05, 4.69) is 0 Å². The monoisotopic (exact) mass is 168 g/mol. The van der Waals surface area contributed by atoms with Crippen LogP contribution in [0.3, 0.4) is 0 Å². The van der Waals surface area contributed by atoms with Crippen molar-refractivity contribution in [3.63, 3.8) is 0 Å². The average Bonchev–Trinajstić information content (AvgIpc) is 2.13. The molecule has 2 nitrogen and oxygen atoms in total. The van der Waals surface area contributed by atoms with Crippen molar-refractivity contribution in [3.8, 4) is 0 Å². The summed E-state index contributed by atoms with van der Waals surface area (Å²) in [6.07, 6.45) is 2.08. The maximum Gasteiger partial charge on any atom is 0.120 e. The van der Waals surface area contributed by atoms with Crippen molar-refractivity contribution in [1.82, 2.24) is 0 Å². The molecule has 54 valence electrons. The van der Waals surface area contributed by atoms with Crippen molar-refractivity contribution in [3.05, 3.63) is 0 Å². The Morgan fingerprint density at radius 3 is 2.44 bits per heavy atom. The van der Waals surface area contributed by atoms with Gasteiger partial charge in [-0.1, -0.05) is 0 Å². The highest BCUT2D eigenvalue weighted by Gasteiger charge is 2.29. The number of aliphatic hydroxyl groups is 1. The number of aliphatic hydroxyl groups excluding tert-OH is 1. The van der Waals surface area contributed by atoms with E-state index in [0.29, 0.717) is 0 Å². The topological polar surface area (TPSA) is 37.3 Å². The van der Waals surface area contributed by atoms with Crippen LogP contribution < -0.4 is 0 Å². The highest BCUT2D eigenvalue weighted by molar-refractivity contribution is 8.08. The maximum absolute atomic E-state index is 10.6. The van der Waals surface area contributed by atoms with Crippen molar-refractivity contribution in [2.45, 2.75) is 30.6 Å². The molecule has 0 amide bonds. The molecule has 4 heteroatoms. The zero-order valence-electron chi connectivity index (χ0n) is 4.92. The molecule has 0 saturated heterocycles. The summed E-state index contributed by atoms with van der Waals surface area (Å²) in [5, 5.41) is 8.91. The molecule has 1 aliphatic carbocycles. The Balaban J connectivity index is 2.49. The van der Waals surface area contributed by atoms with Crippen molar-refractivity contribution in [2.75, 3.05) is 0 Å². The normalized spacial score (nSPS) is 38.9. The van der Waals surface area contributed by atoms with Gasteiger partial charge in [-0.15, -0.1) is 0 Å². The molecule has 1 unspecified atom stereocenters. The number of hydrogen-bond donors (Lipinski definition) is 1. The van der Waals surface area contributed by atoms with Gasteiger partial charge in [0, 0.05) is 0 Å². The molecule has 0 aliphatic heterocycles. The van der Waals surface area contributed by atoms with E-state index in [1.54, 1.807) is 0 Å². The van der Waals surface area contributed by atoms with Crippen molar-refractivity contribution < 1.29 is 9.32 Å². The molecule has 1 fully saturated rings. The average molecular weight is 169 g/mol. The molecular weight excluding hydrogens is 160 g/mol. The van der Waals surface area contributed by atoms with Gasteiger partial charge >= 0.3 is 0 Å². The lowest BCUT2D eigenvalue weighted by atomic mass is 10.3. The molecule has 0 aromatic rings. The highest BCUT2D eigenvalue weighted by Crippen LogP contribution is 2.24. The lowest BCUT2D eigenvalue weighted by molar-refractivity contribution is 0.187. The second kappa shape index (κ2) is 2.99. The molecule has 0 heterocycles. The van der Waals surface area contributed by atoms with E-state index in [-0.39, 0.29) is 5.25 Å². The molecule has 9 heavy (non-hydrogen) atoms. The van der Waals surface area contributed by atoms with Crippen LogP contribution in [0.1, 0.15) is 19.3 Å². The van der Waals surface area contributed by atoms with Crippen LogP contribution in [0.5, 0.6) is 0 Å². The zero-order valence-corrected chi connectivity index (χ0v) is 6.49. The Hall–Kier alpha value is 0.400. The van der Waals surface area contributed by atoms with E-state index in [9.17, 15) is 4.21 Å². The third-order valence-electron chi connectivity index (χ3n) is 1.66. The first kappa shape index (κ1) is 7.51. The molecule has 1 rings (SSSR count). The quantitative estimate of drug-likeness (QED) is 0.589. The van der Waals surface area contributed by atoms with E-state index >= 15 is 0 Å². The van der Waals surface area contributed by atoms with Gasteiger partial charge in [0.25, 0.3) is 0 Å².